The van der Waals surface area contributed by atoms with E-state index in [4.69, 9.17) is 14.6 Å². The molecule has 158 valence electrons. The van der Waals surface area contributed by atoms with Crippen LogP contribution in [0.1, 0.15) is 37.4 Å². The zero-order valence-electron chi connectivity index (χ0n) is 17.4. The normalized spacial score (nSPS) is 14.4. The first kappa shape index (κ1) is 22.7. The molecule has 0 amide bonds. The van der Waals surface area contributed by atoms with Gasteiger partial charge in [-0.15, -0.1) is 0 Å². The first-order valence-electron chi connectivity index (χ1n) is 10.1. The second-order valence-corrected chi connectivity index (χ2v) is 9.45. The summed E-state index contributed by atoms with van der Waals surface area (Å²) in [5, 5.41) is 1.28. The van der Waals surface area contributed by atoms with E-state index in [1.165, 1.54) is 35.9 Å². The number of fused-ring (bicyclic) bond motifs is 1. The number of aromatic nitrogens is 2. The largest absolute Gasteiger partial charge is 0.373 e. The number of pyridine rings is 1. The number of halogens is 2. The summed E-state index contributed by atoms with van der Waals surface area (Å²) in [5.41, 5.74) is 5.85. The molecule has 4 rings (SSSR count). The predicted molar refractivity (Wildman–Crippen MR) is 126 cm³/mol. The van der Waals surface area contributed by atoms with Gasteiger partial charge in [-0.25, -0.2) is 4.98 Å². The summed E-state index contributed by atoms with van der Waals surface area (Å²) in [7, 11) is 0. The van der Waals surface area contributed by atoms with Gasteiger partial charge in [-0.05, 0) is 78.4 Å². The molecular weight excluding hydrogens is 510 g/mol. The van der Waals surface area contributed by atoms with Crippen molar-refractivity contribution in [3.05, 3.63) is 50.7 Å². The van der Waals surface area contributed by atoms with Gasteiger partial charge in [0.2, 0.25) is 0 Å². The van der Waals surface area contributed by atoms with Crippen molar-refractivity contribution in [2.75, 3.05) is 18.0 Å². The standard InChI is InChI=1S/C22H25Br2N3.CO2/c1-4-16-7-9-26(10-8-16)20-11-15(3)25-22-21(20)14(2)13-27(22)19-6-5-17(23)12-18(19)24;2-1-3/h5-6,11-13,16H,4,7-10H2,1-3H3;. The zero-order valence-corrected chi connectivity index (χ0v) is 20.6. The molecule has 0 unspecified atom stereocenters. The first-order chi connectivity index (χ1) is 14.4. The van der Waals surface area contributed by atoms with Crippen LogP contribution in [-0.4, -0.2) is 28.8 Å². The molecule has 0 spiro atoms. The molecule has 1 saturated heterocycles. The molecule has 5 nitrogen and oxygen atoms in total. The van der Waals surface area contributed by atoms with Crippen LogP contribution in [0, 0.1) is 19.8 Å². The van der Waals surface area contributed by atoms with Crippen LogP contribution in [0.15, 0.2) is 39.4 Å². The van der Waals surface area contributed by atoms with Crippen LogP contribution in [0.2, 0.25) is 0 Å². The molecule has 0 radical (unpaired) electrons. The number of anilines is 1. The molecule has 30 heavy (non-hydrogen) atoms. The fourth-order valence-electron chi connectivity index (χ4n) is 4.20. The lowest BCUT2D eigenvalue weighted by molar-refractivity contribution is -0.191. The number of aryl methyl sites for hydroxylation is 2. The van der Waals surface area contributed by atoms with Gasteiger partial charge >= 0.3 is 6.15 Å². The quantitative estimate of drug-likeness (QED) is 0.401. The minimum Gasteiger partial charge on any atom is -0.371 e. The molecule has 0 aliphatic carbocycles. The van der Waals surface area contributed by atoms with E-state index >= 15 is 0 Å². The topological polar surface area (TPSA) is 55.2 Å². The van der Waals surface area contributed by atoms with Crippen molar-refractivity contribution in [1.29, 1.82) is 0 Å². The third-order valence-electron chi connectivity index (χ3n) is 5.75. The van der Waals surface area contributed by atoms with Crippen molar-refractivity contribution < 1.29 is 9.59 Å². The third kappa shape index (κ3) is 4.69. The number of hydrogen-bond acceptors (Lipinski definition) is 4. The molecular formula is C23H25Br2N3O2. The molecule has 1 fully saturated rings. The van der Waals surface area contributed by atoms with Crippen molar-refractivity contribution in [2.24, 2.45) is 5.92 Å². The van der Waals surface area contributed by atoms with Crippen LogP contribution in [-0.2, 0) is 9.59 Å². The van der Waals surface area contributed by atoms with Gasteiger partial charge in [0.15, 0.2) is 0 Å². The lowest BCUT2D eigenvalue weighted by atomic mass is 9.94. The Balaban J connectivity index is 0.000000806. The van der Waals surface area contributed by atoms with E-state index in [0.717, 1.165) is 45.0 Å². The van der Waals surface area contributed by atoms with E-state index < -0.39 is 0 Å². The van der Waals surface area contributed by atoms with E-state index in [9.17, 15) is 0 Å². The first-order valence-corrected chi connectivity index (χ1v) is 11.7. The molecule has 0 N–H and O–H groups in total. The Bertz CT molecular complexity index is 1080. The van der Waals surface area contributed by atoms with Crippen LogP contribution in [0.3, 0.4) is 0 Å². The Labute approximate surface area is 193 Å². The van der Waals surface area contributed by atoms with Crippen molar-refractivity contribution in [3.8, 4) is 5.69 Å². The van der Waals surface area contributed by atoms with Gasteiger partial charge in [0, 0.05) is 45.0 Å². The number of nitrogens with zero attached hydrogens (tertiary/aromatic N) is 3. The Kier molecular flexibility index (Phi) is 7.50. The second kappa shape index (κ2) is 9.90. The Hall–Kier alpha value is -1.95. The summed E-state index contributed by atoms with van der Waals surface area (Å²) >= 11 is 7.27. The fraction of sp³-hybridized carbons (Fsp3) is 0.391. The highest BCUT2D eigenvalue weighted by molar-refractivity contribution is 9.11. The number of benzene rings is 1. The van der Waals surface area contributed by atoms with Crippen molar-refractivity contribution in [3.63, 3.8) is 0 Å². The maximum Gasteiger partial charge on any atom is 0.373 e. The summed E-state index contributed by atoms with van der Waals surface area (Å²) in [4.78, 5) is 23.7. The van der Waals surface area contributed by atoms with Gasteiger partial charge < -0.3 is 4.90 Å². The molecule has 3 aromatic rings. The summed E-state index contributed by atoms with van der Waals surface area (Å²) in [5.74, 6) is 0.879. The van der Waals surface area contributed by atoms with Crippen LogP contribution < -0.4 is 4.90 Å². The smallest absolute Gasteiger partial charge is 0.371 e. The lowest BCUT2D eigenvalue weighted by Crippen LogP contribution is -2.33. The SMILES string of the molecule is CCC1CCN(c2cc(C)nc3c2c(C)cn3-c2ccc(Br)cc2Br)CC1.O=C=O. The van der Waals surface area contributed by atoms with E-state index in [0.29, 0.717) is 0 Å². The van der Waals surface area contributed by atoms with E-state index in [-0.39, 0.29) is 6.15 Å². The van der Waals surface area contributed by atoms with E-state index in [1.807, 2.05) is 0 Å². The molecule has 0 atom stereocenters. The minimum atomic E-state index is 0.250. The van der Waals surface area contributed by atoms with E-state index in [1.54, 1.807) is 0 Å². The molecule has 2 aromatic heterocycles. The molecule has 1 aliphatic rings. The van der Waals surface area contributed by atoms with Crippen LogP contribution >= 0.6 is 31.9 Å². The third-order valence-corrected chi connectivity index (χ3v) is 6.88. The molecule has 7 heteroatoms. The molecule has 0 saturated carbocycles. The van der Waals surface area contributed by atoms with Gasteiger partial charge in [-0.2, -0.15) is 9.59 Å². The van der Waals surface area contributed by atoms with Crippen LogP contribution in [0.5, 0.6) is 0 Å². The number of piperidine rings is 1. The zero-order chi connectivity index (χ0) is 21.8. The lowest BCUT2D eigenvalue weighted by Gasteiger charge is -2.34. The van der Waals surface area contributed by atoms with Gasteiger partial charge in [0.25, 0.3) is 0 Å². The summed E-state index contributed by atoms with van der Waals surface area (Å²) in [6.45, 7) is 8.90. The highest BCUT2D eigenvalue weighted by Crippen LogP contribution is 2.36. The average Bonchev–Trinajstić information content (AvgIpc) is 3.04. The van der Waals surface area contributed by atoms with Crippen molar-refractivity contribution in [2.45, 2.75) is 40.0 Å². The van der Waals surface area contributed by atoms with E-state index in [2.05, 4.69) is 92.6 Å². The van der Waals surface area contributed by atoms with Crippen LogP contribution in [0.25, 0.3) is 16.7 Å². The summed E-state index contributed by atoms with van der Waals surface area (Å²) < 4.78 is 4.34. The monoisotopic (exact) mass is 533 g/mol. The average molecular weight is 535 g/mol. The minimum absolute atomic E-state index is 0.250. The van der Waals surface area contributed by atoms with Gasteiger partial charge in [-0.3, -0.25) is 4.57 Å². The maximum absolute atomic E-state index is 8.12. The van der Waals surface area contributed by atoms with Crippen molar-refractivity contribution in [1.82, 2.24) is 9.55 Å². The second-order valence-electron chi connectivity index (χ2n) is 7.68. The molecule has 1 aromatic carbocycles. The Morgan fingerprint density at radius 1 is 1.10 bits per heavy atom. The molecule has 0 bridgehead atoms. The van der Waals surface area contributed by atoms with Crippen LogP contribution in [0.4, 0.5) is 5.69 Å². The maximum atomic E-state index is 8.12. The Morgan fingerprint density at radius 2 is 1.77 bits per heavy atom. The van der Waals surface area contributed by atoms with Gasteiger partial charge in [0.1, 0.15) is 5.65 Å². The number of carbonyl (C=O) groups excluding carboxylic acids is 2. The molecule has 1 aliphatic heterocycles. The summed E-state index contributed by atoms with van der Waals surface area (Å²) in [6.07, 6.45) is 6.34. The fourth-order valence-corrected chi connectivity index (χ4v) is 5.44. The number of hydrogen-bond donors (Lipinski definition) is 0. The number of rotatable bonds is 3. The predicted octanol–water partition coefficient (Wildman–Crippen LogP) is 6.21. The Morgan fingerprint density at radius 3 is 2.37 bits per heavy atom. The molecule has 3 heterocycles. The van der Waals surface area contributed by atoms with Gasteiger partial charge in [0.05, 0.1) is 5.69 Å². The highest BCUT2D eigenvalue weighted by Gasteiger charge is 2.22. The van der Waals surface area contributed by atoms with Gasteiger partial charge in [-0.1, -0.05) is 29.3 Å². The highest BCUT2D eigenvalue weighted by atomic mass is 79.9. The summed E-state index contributed by atoms with van der Waals surface area (Å²) in [6, 6.07) is 8.56. The van der Waals surface area contributed by atoms with Crippen molar-refractivity contribution >= 4 is 54.7 Å².